The van der Waals surface area contributed by atoms with Crippen molar-refractivity contribution in [2.24, 2.45) is 12.8 Å². The van der Waals surface area contributed by atoms with Crippen molar-refractivity contribution in [2.45, 2.75) is 56.6 Å². The number of thioether (sulfide) groups is 1. The molecule has 0 saturated heterocycles. The number of fused-ring (bicyclic) bond motifs is 1. The Hall–Kier alpha value is -3.58. The van der Waals surface area contributed by atoms with E-state index in [-0.39, 0.29) is 34.0 Å². The predicted octanol–water partition coefficient (Wildman–Crippen LogP) is 2.18. The number of nitrogens with two attached hydrogens (primary N) is 1. The molecular weight excluding hydrogens is 497 g/mol. The normalized spacial score (nSPS) is 12.7. The molecule has 13 heteroatoms. The number of allylic oxidation sites excluding steroid dienone is 2. The summed E-state index contributed by atoms with van der Waals surface area (Å²) in [4.78, 5) is 32.4. The maximum Gasteiger partial charge on any atom is 0.333 e. The molecule has 0 aliphatic rings. The van der Waals surface area contributed by atoms with Gasteiger partial charge in [-0.1, -0.05) is 35.5 Å². The Morgan fingerprint density at radius 3 is 2.54 bits per heavy atom. The molecule has 3 aromatic heterocycles. The van der Waals surface area contributed by atoms with Crippen LogP contribution in [0.4, 0.5) is 4.39 Å². The Kier molecular flexibility index (Phi) is 7.46. The van der Waals surface area contributed by atoms with Gasteiger partial charge in [0.2, 0.25) is 0 Å². The molecule has 196 valence electrons. The zero-order chi connectivity index (χ0) is 26.9. The molecule has 0 saturated carbocycles. The number of aryl methyl sites for hydroxylation is 1. The Morgan fingerprint density at radius 1 is 1.24 bits per heavy atom. The quantitative estimate of drug-likeness (QED) is 0.249. The van der Waals surface area contributed by atoms with Crippen LogP contribution < -0.4 is 17.0 Å². The van der Waals surface area contributed by atoms with Crippen LogP contribution in [0, 0.1) is 5.82 Å². The second-order valence-corrected chi connectivity index (χ2v) is 11.3. The summed E-state index contributed by atoms with van der Waals surface area (Å²) in [5.41, 5.74) is 7.22. The van der Waals surface area contributed by atoms with Crippen molar-refractivity contribution in [1.29, 1.82) is 0 Å². The van der Waals surface area contributed by atoms with Crippen LogP contribution in [0.25, 0.3) is 11.2 Å². The summed E-state index contributed by atoms with van der Waals surface area (Å²) in [7, 11) is 1.58. The second-order valence-electron chi connectivity index (χ2n) is 9.67. The van der Waals surface area contributed by atoms with Crippen molar-refractivity contribution >= 4 is 22.9 Å². The minimum Gasteiger partial charge on any atom is -0.329 e. The van der Waals surface area contributed by atoms with Gasteiger partial charge in [-0.2, -0.15) is 0 Å². The van der Waals surface area contributed by atoms with Gasteiger partial charge in [-0.25, -0.2) is 23.8 Å². The zero-order valence-electron chi connectivity index (χ0n) is 21.4. The van der Waals surface area contributed by atoms with Gasteiger partial charge in [0.15, 0.2) is 22.1 Å². The topological polar surface area (TPSA) is 142 Å². The first-order valence-electron chi connectivity index (χ1n) is 11.7. The number of aromatic amines is 1. The van der Waals surface area contributed by atoms with E-state index in [1.165, 1.54) is 28.5 Å². The van der Waals surface area contributed by atoms with Gasteiger partial charge in [-0.15, -0.1) is 5.10 Å². The van der Waals surface area contributed by atoms with Gasteiger partial charge in [0.1, 0.15) is 11.9 Å². The lowest BCUT2D eigenvalue weighted by Crippen LogP contribution is -2.43. The van der Waals surface area contributed by atoms with Gasteiger partial charge in [-0.3, -0.25) is 9.36 Å². The smallest absolute Gasteiger partial charge is 0.329 e. The molecule has 4 rings (SSSR count). The number of nitrogens with one attached hydrogen (secondary N) is 1. The molecule has 0 amide bonds. The number of nitrogens with zero attached hydrogens (tertiary/aromatic N) is 7. The number of H-pyrrole nitrogens is 1. The van der Waals surface area contributed by atoms with Gasteiger partial charge in [-0.05, 0) is 55.8 Å². The van der Waals surface area contributed by atoms with Gasteiger partial charge < -0.3 is 10.3 Å². The number of halogens is 1. The predicted molar refractivity (Wildman–Crippen MR) is 140 cm³/mol. The fourth-order valence-corrected chi connectivity index (χ4v) is 4.85. The van der Waals surface area contributed by atoms with Crippen molar-refractivity contribution in [2.75, 3.05) is 6.54 Å². The number of hydrogen-bond donors (Lipinski definition) is 2. The molecule has 1 aromatic carbocycles. The summed E-state index contributed by atoms with van der Waals surface area (Å²) in [6.07, 6.45) is 2.17. The first-order chi connectivity index (χ1) is 17.5. The number of aromatic nitrogens is 8. The standard InChI is InChI=1S/C24H30FN9O2S/c1-14(2)10-11-33-18-20(27-22(33)37-24(3,4)13-26)32(5)23(36)34(21(18)35)17(19-28-30-31-29-19)12-15-6-8-16(25)9-7-15/h6-10,17H,11-13,26H2,1-5H3,(H,28,29,30,31). The molecule has 1 unspecified atom stereocenters. The SMILES string of the molecule is CC(C)=CCn1c(SC(C)(C)CN)nc2c1c(=O)n(C(Cc1ccc(F)cc1)c1nnn[nH]1)c(=O)n2C. The summed E-state index contributed by atoms with van der Waals surface area (Å²) in [6.45, 7) is 8.72. The van der Waals surface area contributed by atoms with Crippen LogP contribution in [-0.2, 0) is 20.0 Å². The zero-order valence-corrected chi connectivity index (χ0v) is 22.2. The van der Waals surface area contributed by atoms with E-state index in [2.05, 4.69) is 20.6 Å². The number of imidazole rings is 1. The van der Waals surface area contributed by atoms with Crippen LogP contribution in [0.1, 0.15) is 45.1 Å². The third kappa shape index (κ3) is 5.42. The Bertz CT molecular complexity index is 1550. The Labute approximate surface area is 216 Å². The van der Waals surface area contributed by atoms with E-state index in [1.807, 2.05) is 38.3 Å². The van der Waals surface area contributed by atoms with Crippen molar-refractivity contribution in [3.63, 3.8) is 0 Å². The molecule has 0 radical (unpaired) electrons. The lowest BCUT2D eigenvalue weighted by Gasteiger charge is -2.21. The third-order valence-corrected chi connectivity index (χ3v) is 7.23. The molecule has 11 nitrogen and oxygen atoms in total. The molecule has 0 bridgehead atoms. The Morgan fingerprint density at radius 2 is 1.95 bits per heavy atom. The monoisotopic (exact) mass is 527 g/mol. The maximum absolute atomic E-state index is 14.1. The molecular formula is C24H30FN9O2S. The van der Waals surface area contributed by atoms with E-state index in [1.54, 1.807) is 19.2 Å². The molecule has 0 aliphatic carbocycles. The summed E-state index contributed by atoms with van der Waals surface area (Å²) in [5, 5.41) is 14.6. The highest BCUT2D eigenvalue weighted by Gasteiger charge is 2.29. The second kappa shape index (κ2) is 10.4. The van der Waals surface area contributed by atoms with Crippen LogP contribution in [0.5, 0.6) is 0 Å². The van der Waals surface area contributed by atoms with E-state index < -0.39 is 17.3 Å². The lowest BCUT2D eigenvalue weighted by molar-refractivity contribution is 0.495. The number of hydrogen-bond acceptors (Lipinski definition) is 8. The van der Waals surface area contributed by atoms with Crippen LogP contribution >= 0.6 is 11.8 Å². The number of rotatable bonds is 9. The van der Waals surface area contributed by atoms with Gasteiger partial charge >= 0.3 is 5.69 Å². The lowest BCUT2D eigenvalue weighted by atomic mass is 10.1. The highest BCUT2D eigenvalue weighted by atomic mass is 32.2. The summed E-state index contributed by atoms with van der Waals surface area (Å²) in [6, 6.07) is 4.99. The highest BCUT2D eigenvalue weighted by Crippen LogP contribution is 2.32. The third-order valence-electron chi connectivity index (χ3n) is 6.02. The van der Waals surface area contributed by atoms with Crippen molar-refractivity contribution in [1.82, 2.24) is 39.3 Å². The number of tetrazole rings is 1. The average molecular weight is 528 g/mol. The largest absolute Gasteiger partial charge is 0.333 e. The molecule has 37 heavy (non-hydrogen) atoms. The van der Waals surface area contributed by atoms with E-state index in [9.17, 15) is 14.0 Å². The number of benzene rings is 1. The molecule has 4 aromatic rings. The summed E-state index contributed by atoms with van der Waals surface area (Å²) in [5.74, 6) is -0.151. The molecule has 3 N–H and O–H groups in total. The van der Waals surface area contributed by atoms with E-state index >= 15 is 0 Å². The molecule has 1 atom stereocenters. The minimum atomic E-state index is -0.862. The van der Waals surface area contributed by atoms with E-state index in [4.69, 9.17) is 10.7 Å². The van der Waals surface area contributed by atoms with Crippen molar-refractivity contribution in [3.8, 4) is 0 Å². The first kappa shape index (κ1) is 26.5. The molecule has 0 spiro atoms. The summed E-state index contributed by atoms with van der Waals surface area (Å²) >= 11 is 1.45. The van der Waals surface area contributed by atoms with Crippen molar-refractivity contribution in [3.05, 3.63) is 74.0 Å². The molecule has 0 aliphatic heterocycles. The summed E-state index contributed by atoms with van der Waals surface area (Å²) < 4.78 is 17.5. The minimum absolute atomic E-state index is 0.182. The first-order valence-corrected chi connectivity index (χ1v) is 12.6. The van der Waals surface area contributed by atoms with Crippen molar-refractivity contribution < 1.29 is 4.39 Å². The van der Waals surface area contributed by atoms with E-state index in [0.29, 0.717) is 23.8 Å². The average Bonchev–Trinajstić information content (AvgIpc) is 3.50. The van der Waals surface area contributed by atoms with Gasteiger partial charge in [0.05, 0.1) is 0 Å². The van der Waals surface area contributed by atoms with Gasteiger partial charge in [0, 0.05) is 31.3 Å². The maximum atomic E-state index is 14.1. The van der Waals surface area contributed by atoms with Crippen LogP contribution in [0.2, 0.25) is 0 Å². The van der Waals surface area contributed by atoms with E-state index in [0.717, 1.165) is 10.1 Å². The molecule has 0 fully saturated rings. The fraction of sp³-hybridized carbons (Fsp3) is 0.417. The Balaban J connectivity index is 1.99. The fourth-order valence-electron chi connectivity index (χ4n) is 3.86. The highest BCUT2D eigenvalue weighted by molar-refractivity contribution is 8.00. The van der Waals surface area contributed by atoms with Crippen LogP contribution in [0.15, 0.2) is 50.7 Å². The van der Waals surface area contributed by atoms with Gasteiger partial charge in [0.25, 0.3) is 5.56 Å². The van der Waals surface area contributed by atoms with Crippen LogP contribution in [-0.4, -0.2) is 50.6 Å². The van der Waals surface area contributed by atoms with Crippen LogP contribution in [0.3, 0.4) is 0 Å². The molecule has 3 heterocycles.